The first kappa shape index (κ1) is 44.7. The van der Waals surface area contributed by atoms with E-state index in [0.29, 0.717) is 12.8 Å². The highest BCUT2D eigenvalue weighted by atomic mass is 16.7. The summed E-state index contributed by atoms with van der Waals surface area (Å²) in [5.41, 5.74) is -5.05. The Balaban J connectivity index is 1.18. The third-order valence-electron chi connectivity index (χ3n) is 12.5. The molecule has 18 heteroatoms. The van der Waals surface area contributed by atoms with Crippen LogP contribution in [-0.4, -0.2) is 148 Å². The van der Waals surface area contributed by atoms with E-state index in [1.165, 1.54) is 25.1 Å². The number of aromatic hydroxyl groups is 3. The number of nitrogens with zero attached hydrogens (tertiary/aromatic N) is 1. The molecule has 3 fully saturated rings. The van der Waals surface area contributed by atoms with Crippen molar-refractivity contribution in [1.29, 1.82) is 0 Å². The van der Waals surface area contributed by atoms with Gasteiger partial charge in [0, 0.05) is 61.3 Å². The summed E-state index contributed by atoms with van der Waals surface area (Å²) in [6.07, 6.45) is -8.88. The van der Waals surface area contributed by atoms with E-state index in [9.17, 15) is 49.5 Å². The number of phenolic OH excluding ortho intramolecular Hbond substituents is 3. The van der Waals surface area contributed by atoms with E-state index < -0.39 is 155 Å². The van der Waals surface area contributed by atoms with E-state index in [1.54, 1.807) is 20.8 Å². The zero-order valence-corrected chi connectivity index (χ0v) is 35.0. The van der Waals surface area contributed by atoms with Crippen LogP contribution >= 0.6 is 0 Å². The van der Waals surface area contributed by atoms with Crippen LogP contribution in [0.4, 0.5) is 0 Å². The highest BCUT2D eigenvalue weighted by molar-refractivity contribution is 6.31. The average molecular weight is 856 g/mol. The molecule has 0 amide bonds. The van der Waals surface area contributed by atoms with Gasteiger partial charge in [-0.25, -0.2) is 0 Å². The van der Waals surface area contributed by atoms with Gasteiger partial charge in [0.05, 0.1) is 53.8 Å². The van der Waals surface area contributed by atoms with Gasteiger partial charge in [0.1, 0.15) is 47.3 Å². The van der Waals surface area contributed by atoms with Gasteiger partial charge in [-0.2, -0.15) is 0 Å². The van der Waals surface area contributed by atoms with Crippen molar-refractivity contribution in [2.45, 2.75) is 145 Å². The Kier molecular flexibility index (Phi) is 12.5. The number of benzene rings is 2. The highest BCUT2D eigenvalue weighted by Crippen LogP contribution is 2.57. The number of rotatable bonds is 10. The van der Waals surface area contributed by atoms with E-state index in [4.69, 9.17) is 33.2 Å². The van der Waals surface area contributed by atoms with Gasteiger partial charge in [-0.05, 0) is 47.9 Å². The Labute approximate surface area is 351 Å². The molecule has 13 atom stereocenters. The number of carbonyl (C=O) groups is 5. The molecule has 3 saturated heterocycles. The number of ketones is 4. The smallest absolute Gasteiger partial charge is 0.316 e. The first-order valence-corrected chi connectivity index (χ1v) is 20.4. The second-order valence-corrected chi connectivity index (χ2v) is 16.9. The maximum absolute atomic E-state index is 14.0. The van der Waals surface area contributed by atoms with Gasteiger partial charge in [0.15, 0.2) is 30.4 Å². The highest BCUT2D eigenvalue weighted by Gasteiger charge is 2.56. The standard InChI is InChI=1S/C43H53NO17/c1-17(45)15-43(54)16-26(31-32(35(43)42(53)55-7)39(52)33-34(38(31)51)37(50)30-21(36(33)49)9-8-10-24(30)47)59-28-13-22(44(5)6)40(19(3)57-28)61-29-14-25(48)41(20(4)58-29)60-27-12-11-23(46)18(2)56-27/h8-10,18-20,22,25-29,35,40-41,47-48,51-52,54H,11-16H2,1-7H3/t18?,19?,20?,22?,25?,26-,27?,28?,29?,35-,40?,41?,43+/m0/s1. The number of esters is 1. The summed E-state index contributed by atoms with van der Waals surface area (Å²) < 4.78 is 42.3. The molecule has 0 radical (unpaired) electrons. The molecule has 10 unspecified atom stereocenters. The molecule has 0 spiro atoms. The summed E-state index contributed by atoms with van der Waals surface area (Å²) in [5.74, 6) is -7.71. The van der Waals surface area contributed by atoms with Crippen molar-refractivity contribution >= 4 is 29.1 Å². The summed E-state index contributed by atoms with van der Waals surface area (Å²) in [4.78, 5) is 68.0. The Morgan fingerprint density at radius 3 is 2.08 bits per heavy atom. The van der Waals surface area contributed by atoms with Crippen LogP contribution < -0.4 is 0 Å². The minimum atomic E-state index is -2.30. The molecule has 2 aliphatic carbocycles. The molecular weight excluding hydrogens is 802 g/mol. The van der Waals surface area contributed by atoms with Gasteiger partial charge in [-0.3, -0.25) is 24.0 Å². The number of carbonyl (C=O) groups excluding carboxylic acids is 5. The van der Waals surface area contributed by atoms with Gasteiger partial charge >= 0.3 is 5.97 Å². The molecule has 5 N–H and O–H groups in total. The monoisotopic (exact) mass is 855 g/mol. The maximum Gasteiger partial charge on any atom is 0.316 e. The van der Waals surface area contributed by atoms with Crippen LogP contribution in [0.2, 0.25) is 0 Å². The first-order valence-electron chi connectivity index (χ1n) is 20.4. The van der Waals surface area contributed by atoms with Crippen LogP contribution in [0.5, 0.6) is 17.2 Å². The summed E-state index contributed by atoms with van der Waals surface area (Å²) in [6, 6.07) is 3.33. The van der Waals surface area contributed by atoms with E-state index in [1.807, 2.05) is 19.0 Å². The predicted octanol–water partition coefficient (Wildman–Crippen LogP) is 2.43. The topological polar surface area (TPSA) is 254 Å². The fourth-order valence-corrected chi connectivity index (χ4v) is 9.62. The predicted molar refractivity (Wildman–Crippen MR) is 208 cm³/mol. The van der Waals surface area contributed by atoms with Gasteiger partial charge in [0.25, 0.3) is 0 Å². The number of methoxy groups -OCH3 is 1. The minimum Gasteiger partial charge on any atom is -0.507 e. The van der Waals surface area contributed by atoms with Gasteiger partial charge < -0.3 is 63.6 Å². The van der Waals surface area contributed by atoms with Crippen LogP contribution in [0.25, 0.3) is 0 Å². The maximum atomic E-state index is 14.0. The number of fused-ring (bicyclic) bond motifs is 3. The van der Waals surface area contributed by atoms with Crippen molar-refractivity contribution in [2.75, 3.05) is 21.2 Å². The SMILES string of the molecule is COC(=O)[C@@H]1c2c(O)c3c(c(O)c2[C@@H](OC2CC(N(C)C)C(OC4CC(O)C(OC5CCC(=O)C(C)O5)C(C)O4)C(C)O2)C[C@]1(O)CC(C)=O)C(=O)c1c(O)cccc1C3=O. The molecular formula is C43H53NO17. The van der Waals surface area contributed by atoms with E-state index in [0.717, 1.165) is 7.11 Å². The fraction of sp³-hybridized carbons (Fsp3) is 0.605. The molecule has 18 nitrogen and oxygen atoms in total. The number of aliphatic hydroxyl groups excluding tert-OH is 1. The molecule has 2 aromatic carbocycles. The summed E-state index contributed by atoms with van der Waals surface area (Å²) in [7, 11) is 4.65. The van der Waals surface area contributed by atoms with Gasteiger partial charge in [-0.15, -0.1) is 0 Å². The Morgan fingerprint density at radius 1 is 0.836 bits per heavy atom. The van der Waals surface area contributed by atoms with Crippen LogP contribution in [0.3, 0.4) is 0 Å². The molecule has 0 bridgehead atoms. The molecule has 3 heterocycles. The number of aliphatic hydroxyl groups is 2. The molecule has 5 aliphatic rings. The van der Waals surface area contributed by atoms with Crippen LogP contribution in [0.15, 0.2) is 18.2 Å². The lowest BCUT2D eigenvalue weighted by atomic mass is 9.66. The Morgan fingerprint density at radius 2 is 1.46 bits per heavy atom. The summed E-state index contributed by atoms with van der Waals surface area (Å²) in [6.45, 7) is 6.32. The van der Waals surface area contributed by atoms with Crippen LogP contribution in [0, 0.1) is 0 Å². The number of phenols is 3. The van der Waals surface area contributed by atoms with Crippen molar-refractivity contribution in [2.24, 2.45) is 0 Å². The number of likely N-dealkylation sites (N-methyl/N-ethyl adjacent to an activating group) is 1. The summed E-state index contributed by atoms with van der Waals surface area (Å²) in [5, 5.41) is 58.1. The van der Waals surface area contributed by atoms with Gasteiger partial charge in [0.2, 0.25) is 5.78 Å². The normalized spacial score (nSPS) is 35.0. The molecule has 0 aromatic heterocycles. The number of hydrogen-bond acceptors (Lipinski definition) is 18. The average Bonchev–Trinajstić information content (AvgIpc) is 3.17. The molecule has 2 aromatic rings. The quantitative estimate of drug-likeness (QED) is 0.145. The molecule has 61 heavy (non-hydrogen) atoms. The lowest BCUT2D eigenvalue weighted by Crippen LogP contribution is -2.58. The van der Waals surface area contributed by atoms with Crippen molar-refractivity contribution in [3.8, 4) is 17.2 Å². The van der Waals surface area contributed by atoms with Crippen molar-refractivity contribution in [3.05, 3.63) is 51.6 Å². The number of hydrogen-bond donors (Lipinski definition) is 5. The van der Waals surface area contributed by atoms with Crippen molar-refractivity contribution < 1.29 is 82.7 Å². The van der Waals surface area contributed by atoms with E-state index in [2.05, 4.69) is 0 Å². The lowest BCUT2D eigenvalue weighted by molar-refractivity contribution is -0.324. The first-order chi connectivity index (χ1) is 28.8. The van der Waals surface area contributed by atoms with E-state index >= 15 is 0 Å². The minimum absolute atomic E-state index is 0.0162. The molecule has 0 saturated carbocycles. The third-order valence-corrected chi connectivity index (χ3v) is 12.5. The van der Waals surface area contributed by atoms with E-state index in [-0.39, 0.29) is 29.8 Å². The lowest BCUT2D eigenvalue weighted by Gasteiger charge is -2.48. The second-order valence-electron chi connectivity index (χ2n) is 16.9. The zero-order chi connectivity index (χ0) is 44.4. The Hall–Kier alpha value is -4.37. The fourth-order valence-electron chi connectivity index (χ4n) is 9.62. The summed E-state index contributed by atoms with van der Waals surface area (Å²) >= 11 is 0. The van der Waals surface area contributed by atoms with Crippen LogP contribution in [-0.2, 0) is 47.5 Å². The molecule has 332 valence electrons. The molecule has 7 rings (SSSR count). The van der Waals surface area contributed by atoms with Gasteiger partial charge in [-0.1, -0.05) is 12.1 Å². The third kappa shape index (κ3) is 8.09. The number of ether oxygens (including phenoxy) is 7. The van der Waals surface area contributed by atoms with Crippen molar-refractivity contribution in [1.82, 2.24) is 4.90 Å². The largest absolute Gasteiger partial charge is 0.507 e. The zero-order valence-electron chi connectivity index (χ0n) is 35.0. The second kappa shape index (κ2) is 17.1. The van der Waals surface area contributed by atoms with Crippen molar-refractivity contribution in [3.63, 3.8) is 0 Å². The number of Topliss-reactive ketones (excluding diaryl/α,β-unsaturated/α-hetero) is 2. The van der Waals surface area contributed by atoms with Crippen LogP contribution in [0.1, 0.15) is 121 Å². The molecule has 3 aliphatic heterocycles. The Bertz CT molecular complexity index is 2090.